The average Bonchev–Trinajstić information content (AvgIpc) is 2.37. The number of carbonyl (C=O) groups is 2. The second-order valence-electron chi connectivity index (χ2n) is 5.61. The minimum Gasteiger partial charge on any atom is -0.475 e. The summed E-state index contributed by atoms with van der Waals surface area (Å²) in [6.07, 6.45) is -0.887. The van der Waals surface area contributed by atoms with Crippen LogP contribution in [0.25, 0.3) is 0 Å². The molecule has 0 radical (unpaired) electrons. The van der Waals surface area contributed by atoms with E-state index < -0.39 is 12.1 Å². The van der Waals surface area contributed by atoms with Crippen LogP contribution in [0.15, 0.2) is 0 Å². The predicted molar refractivity (Wildman–Crippen MR) is 75.2 cm³/mol. The molecular formula is C13H24F3N3O3. The fraction of sp³-hybridized carbons (Fsp3) is 0.846. The molecule has 1 aliphatic carbocycles. The first-order valence-electron chi connectivity index (χ1n) is 6.91. The fourth-order valence-corrected chi connectivity index (χ4v) is 2.07. The summed E-state index contributed by atoms with van der Waals surface area (Å²) in [6.45, 7) is 0.499. The van der Waals surface area contributed by atoms with Gasteiger partial charge >= 0.3 is 12.1 Å². The molecule has 130 valence electrons. The molecule has 0 heterocycles. The van der Waals surface area contributed by atoms with Crippen molar-refractivity contribution in [3.05, 3.63) is 0 Å². The second-order valence-corrected chi connectivity index (χ2v) is 5.61. The first-order chi connectivity index (χ1) is 9.95. The van der Waals surface area contributed by atoms with Gasteiger partial charge in [0.15, 0.2) is 0 Å². The van der Waals surface area contributed by atoms with Gasteiger partial charge in [-0.15, -0.1) is 0 Å². The Morgan fingerprint density at radius 1 is 1.14 bits per heavy atom. The van der Waals surface area contributed by atoms with Crippen molar-refractivity contribution in [1.82, 2.24) is 9.80 Å². The minimum atomic E-state index is -5.08. The van der Waals surface area contributed by atoms with Crippen LogP contribution in [0.1, 0.15) is 25.7 Å². The van der Waals surface area contributed by atoms with Gasteiger partial charge in [0.25, 0.3) is 0 Å². The summed E-state index contributed by atoms with van der Waals surface area (Å²) in [7, 11) is 5.75. The molecule has 6 nitrogen and oxygen atoms in total. The van der Waals surface area contributed by atoms with Gasteiger partial charge in [0, 0.05) is 19.1 Å². The van der Waals surface area contributed by atoms with Gasteiger partial charge in [0.05, 0.1) is 6.54 Å². The van der Waals surface area contributed by atoms with Gasteiger partial charge in [0.2, 0.25) is 5.91 Å². The van der Waals surface area contributed by atoms with Crippen LogP contribution < -0.4 is 5.73 Å². The Hall–Kier alpha value is -1.35. The fourth-order valence-electron chi connectivity index (χ4n) is 2.07. The second kappa shape index (κ2) is 8.94. The number of nitrogens with two attached hydrogens (primary N) is 1. The molecule has 0 aromatic heterocycles. The molecular weight excluding hydrogens is 303 g/mol. The van der Waals surface area contributed by atoms with E-state index in [0.717, 1.165) is 25.7 Å². The van der Waals surface area contributed by atoms with Gasteiger partial charge in [-0.25, -0.2) is 4.79 Å². The van der Waals surface area contributed by atoms with Crippen LogP contribution in [0.2, 0.25) is 0 Å². The van der Waals surface area contributed by atoms with E-state index in [2.05, 4.69) is 0 Å². The summed E-state index contributed by atoms with van der Waals surface area (Å²) in [5.41, 5.74) is 5.84. The normalized spacial score (nSPS) is 21.8. The quantitative estimate of drug-likeness (QED) is 0.804. The smallest absolute Gasteiger partial charge is 0.475 e. The number of carboxylic acid groups (broad SMARTS) is 1. The first kappa shape index (κ1) is 20.6. The van der Waals surface area contributed by atoms with Crippen molar-refractivity contribution in [3.8, 4) is 0 Å². The zero-order chi connectivity index (χ0) is 17.5. The minimum absolute atomic E-state index is 0.209. The largest absolute Gasteiger partial charge is 0.490 e. The van der Waals surface area contributed by atoms with Gasteiger partial charge in [-0.2, -0.15) is 13.2 Å². The van der Waals surface area contributed by atoms with Gasteiger partial charge in [-0.1, -0.05) is 0 Å². The number of carbonyl (C=O) groups excluding carboxylic acids is 1. The van der Waals surface area contributed by atoms with Crippen molar-refractivity contribution in [1.29, 1.82) is 0 Å². The van der Waals surface area contributed by atoms with Gasteiger partial charge < -0.3 is 20.6 Å². The number of nitrogens with zero attached hydrogens (tertiary/aromatic N) is 2. The van der Waals surface area contributed by atoms with E-state index in [1.54, 1.807) is 0 Å². The van der Waals surface area contributed by atoms with Crippen LogP contribution in [-0.2, 0) is 9.59 Å². The molecule has 0 aliphatic heterocycles. The van der Waals surface area contributed by atoms with E-state index in [9.17, 15) is 18.0 Å². The molecule has 0 aromatic carbocycles. The van der Waals surface area contributed by atoms with Crippen LogP contribution in [0.5, 0.6) is 0 Å². The Kier molecular flexibility index (Phi) is 8.39. The number of aliphatic carboxylic acids is 1. The van der Waals surface area contributed by atoms with E-state index >= 15 is 0 Å². The molecule has 9 heteroatoms. The van der Waals surface area contributed by atoms with E-state index in [4.69, 9.17) is 15.6 Å². The summed E-state index contributed by atoms with van der Waals surface area (Å²) < 4.78 is 31.7. The lowest BCUT2D eigenvalue weighted by Gasteiger charge is -2.34. The summed E-state index contributed by atoms with van der Waals surface area (Å²) in [5.74, 6) is -2.55. The van der Waals surface area contributed by atoms with E-state index in [-0.39, 0.29) is 5.91 Å². The molecule has 0 saturated heterocycles. The van der Waals surface area contributed by atoms with Gasteiger partial charge in [-0.05, 0) is 39.8 Å². The Morgan fingerprint density at radius 3 is 1.86 bits per heavy atom. The molecule has 0 unspecified atom stereocenters. The number of rotatable bonds is 3. The van der Waals surface area contributed by atoms with Crippen LogP contribution in [0.4, 0.5) is 13.2 Å². The van der Waals surface area contributed by atoms with Gasteiger partial charge in [-0.3, -0.25) is 4.79 Å². The summed E-state index contributed by atoms with van der Waals surface area (Å²) >= 11 is 0. The zero-order valence-electron chi connectivity index (χ0n) is 13.1. The molecule has 0 aromatic rings. The topological polar surface area (TPSA) is 86.9 Å². The number of likely N-dealkylation sites (N-methyl/N-ethyl adjacent to an activating group) is 2. The molecule has 22 heavy (non-hydrogen) atoms. The number of hydrogen-bond donors (Lipinski definition) is 2. The van der Waals surface area contributed by atoms with Gasteiger partial charge in [0.1, 0.15) is 0 Å². The standard InChI is InChI=1S/C11H23N3O.C2HF3O2/c1-13(2)8-11(15)14(3)10-6-4-9(12)5-7-10;3-2(4,5)1(6)7/h9-10H,4-8,12H2,1-3H3;(H,6,7)/t9-,10+;. The summed E-state index contributed by atoms with van der Waals surface area (Å²) in [4.78, 5) is 24.5. The number of amides is 1. The molecule has 1 rings (SSSR count). The summed E-state index contributed by atoms with van der Waals surface area (Å²) in [6, 6.07) is 0.746. The molecule has 0 bridgehead atoms. The highest BCUT2D eigenvalue weighted by Gasteiger charge is 2.38. The maximum atomic E-state index is 11.8. The molecule has 1 aliphatic rings. The van der Waals surface area contributed by atoms with Crippen molar-refractivity contribution in [2.45, 2.75) is 43.9 Å². The third kappa shape index (κ3) is 8.18. The molecule has 0 atom stereocenters. The molecule has 1 fully saturated rings. The zero-order valence-corrected chi connectivity index (χ0v) is 13.1. The Labute approximate surface area is 128 Å². The van der Waals surface area contributed by atoms with E-state index in [0.29, 0.717) is 18.6 Å². The molecule has 3 N–H and O–H groups in total. The lowest BCUT2D eigenvalue weighted by molar-refractivity contribution is -0.192. The van der Waals surface area contributed by atoms with E-state index in [1.807, 2.05) is 30.9 Å². The highest BCUT2D eigenvalue weighted by atomic mass is 19.4. The van der Waals surface area contributed by atoms with Crippen molar-refractivity contribution in [3.63, 3.8) is 0 Å². The third-order valence-electron chi connectivity index (χ3n) is 3.38. The Bertz CT molecular complexity index is 367. The van der Waals surface area contributed by atoms with Crippen molar-refractivity contribution >= 4 is 11.9 Å². The van der Waals surface area contributed by atoms with Crippen molar-refractivity contribution < 1.29 is 27.9 Å². The SMILES string of the molecule is CN(C)CC(=O)N(C)[C@H]1CC[C@@H](N)CC1.O=C(O)C(F)(F)F. The molecule has 1 saturated carbocycles. The molecule has 1 amide bonds. The highest BCUT2D eigenvalue weighted by molar-refractivity contribution is 5.78. The number of hydrogen-bond acceptors (Lipinski definition) is 4. The average molecular weight is 327 g/mol. The van der Waals surface area contributed by atoms with Crippen LogP contribution in [0, 0.1) is 0 Å². The highest BCUT2D eigenvalue weighted by Crippen LogP contribution is 2.21. The van der Waals surface area contributed by atoms with E-state index in [1.165, 1.54) is 0 Å². The first-order valence-corrected chi connectivity index (χ1v) is 6.91. The van der Waals surface area contributed by atoms with Crippen LogP contribution in [0.3, 0.4) is 0 Å². The van der Waals surface area contributed by atoms with Crippen LogP contribution >= 0.6 is 0 Å². The lowest BCUT2D eigenvalue weighted by atomic mass is 9.91. The summed E-state index contributed by atoms with van der Waals surface area (Å²) in [5, 5.41) is 7.12. The van der Waals surface area contributed by atoms with Crippen molar-refractivity contribution in [2.24, 2.45) is 5.73 Å². The maximum Gasteiger partial charge on any atom is 0.490 e. The maximum absolute atomic E-state index is 11.8. The Balaban J connectivity index is 0.000000534. The monoisotopic (exact) mass is 327 g/mol. The number of carboxylic acids is 1. The Morgan fingerprint density at radius 2 is 1.55 bits per heavy atom. The third-order valence-corrected chi connectivity index (χ3v) is 3.38. The number of halogens is 3. The predicted octanol–water partition coefficient (Wildman–Crippen LogP) is 0.910. The lowest BCUT2D eigenvalue weighted by Crippen LogP contribution is -2.44. The van der Waals surface area contributed by atoms with Crippen molar-refractivity contribution in [2.75, 3.05) is 27.7 Å². The number of alkyl halides is 3. The van der Waals surface area contributed by atoms with Crippen LogP contribution in [-0.4, -0.2) is 72.7 Å². The molecule has 0 spiro atoms.